The van der Waals surface area contributed by atoms with Crippen LogP contribution in [0, 0.1) is 0 Å². The van der Waals surface area contributed by atoms with Crippen molar-refractivity contribution in [2.45, 2.75) is 51.4 Å². The van der Waals surface area contributed by atoms with Crippen LogP contribution < -0.4 is 43.8 Å². The number of nitrogens with one attached hydrogen (secondary N) is 5. The van der Waals surface area contributed by atoms with Gasteiger partial charge in [0.15, 0.2) is 0 Å². The van der Waals surface area contributed by atoms with Gasteiger partial charge < -0.3 is 77.0 Å². The first-order chi connectivity index (χ1) is 27.4. The van der Waals surface area contributed by atoms with E-state index in [-0.39, 0.29) is 25.2 Å². The lowest BCUT2D eigenvalue weighted by Gasteiger charge is -2.12. The Bertz CT molecular complexity index is 875. The number of imide groups is 1. The van der Waals surface area contributed by atoms with Crippen molar-refractivity contribution in [1.29, 1.82) is 0 Å². The quantitative estimate of drug-likeness (QED) is 0.0239. The lowest BCUT2D eigenvalue weighted by Crippen LogP contribution is -2.35. The molecule has 1 aliphatic rings. The molecule has 0 aliphatic carbocycles. The van der Waals surface area contributed by atoms with Gasteiger partial charge in [-0.1, -0.05) is 0 Å². The second-order valence-electron chi connectivity index (χ2n) is 12.1. The van der Waals surface area contributed by atoms with E-state index in [1.165, 1.54) is 0 Å². The largest absolute Gasteiger partial charge is 0.382 e. The summed E-state index contributed by atoms with van der Waals surface area (Å²) in [4.78, 5) is 50.3. The third-order valence-electron chi connectivity index (χ3n) is 7.21. The first-order valence-corrected chi connectivity index (χ1v) is 19.9. The van der Waals surface area contributed by atoms with Crippen molar-refractivity contribution in [2.75, 3.05) is 159 Å². The second-order valence-corrected chi connectivity index (χ2v) is 12.1. The van der Waals surface area contributed by atoms with Crippen LogP contribution in [0.25, 0.3) is 0 Å². The summed E-state index contributed by atoms with van der Waals surface area (Å²) in [6.45, 7) is 15.5. The molecule has 1 heterocycles. The molecule has 1 fully saturated rings. The number of rotatable bonds is 38. The molecule has 0 aromatic carbocycles. The Morgan fingerprint density at radius 3 is 1.32 bits per heavy atom. The fourth-order valence-electron chi connectivity index (χ4n) is 4.24. The van der Waals surface area contributed by atoms with Gasteiger partial charge in [-0.2, -0.15) is 0 Å². The molecule has 1 rings (SSSR count). The van der Waals surface area contributed by atoms with E-state index in [0.29, 0.717) is 117 Å². The number of unbranched alkanes of at least 4 members (excludes halogenated alkanes) is 2. The van der Waals surface area contributed by atoms with Gasteiger partial charge >= 0.3 is 5.97 Å². The van der Waals surface area contributed by atoms with Gasteiger partial charge in [0.25, 0.3) is 11.8 Å². The second kappa shape index (κ2) is 46.9. The highest BCUT2D eigenvalue weighted by molar-refractivity contribution is 6.01. The predicted octanol–water partition coefficient (Wildman–Crippen LogP) is -2.38. The van der Waals surface area contributed by atoms with Gasteiger partial charge in [-0.05, 0) is 25.7 Å². The molecule has 0 atom stereocenters. The summed E-state index contributed by atoms with van der Waals surface area (Å²) >= 11 is 0. The number of nitrogens with two attached hydrogens (primary N) is 3. The number of carbonyl (C=O) groups is 4. The molecule has 0 radical (unpaired) electrons. The first-order valence-electron chi connectivity index (χ1n) is 19.9. The molecule has 0 saturated carbocycles. The Hall–Kier alpha value is -2.44. The van der Waals surface area contributed by atoms with Gasteiger partial charge in [-0.15, -0.1) is 5.06 Å². The summed E-state index contributed by atoms with van der Waals surface area (Å²) in [5.41, 5.74) is 15.9. The van der Waals surface area contributed by atoms with Crippen molar-refractivity contribution >= 4 is 23.7 Å². The van der Waals surface area contributed by atoms with Crippen molar-refractivity contribution in [3.63, 3.8) is 0 Å². The van der Waals surface area contributed by atoms with E-state index < -0.39 is 17.8 Å². The van der Waals surface area contributed by atoms with E-state index in [2.05, 4.69) is 26.6 Å². The Morgan fingerprint density at radius 1 is 0.518 bits per heavy atom. The number of carbonyl (C=O) groups excluding carboxylic acids is 4. The van der Waals surface area contributed by atoms with Gasteiger partial charge in [0, 0.05) is 132 Å². The van der Waals surface area contributed by atoms with E-state index in [0.717, 1.165) is 65.2 Å². The number of nitrogens with zero attached hydrogens (tertiary/aromatic N) is 1. The number of hydrogen-bond donors (Lipinski definition) is 8. The van der Waals surface area contributed by atoms with Crippen molar-refractivity contribution in [3.8, 4) is 0 Å². The van der Waals surface area contributed by atoms with E-state index in [1.807, 2.05) is 0 Å². The summed E-state index contributed by atoms with van der Waals surface area (Å²) in [6, 6.07) is 0. The molecule has 1 aliphatic heterocycles. The van der Waals surface area contributed by atoms with E-state index in [9.17, 15) is 19.2 Å². The molecule has 3 amide bonds. The van der Waals surface area contributed by atoms with Crippen molar-refractivity contribution in [1.82, 2.24) is 31.6 Å². The highest BCUT2D eigenvalue weighted by Crippen LogP contribution is 2.13. The maximum absolute atomic E-state index is 11.6. The Morgan fingerprint density at radius 2 is 0.893 bits per heavy atom. The predicted molar refractivity (Wildman–Crippen MR) is 214 cm³/mol. The normalized spacial score (nSPS) is 12.3. The monoisotopic (exact) mass is 812 g/mol. The maximum Gasteiger partial charge on any atom is 0.333 e. The minimum Gasteiger partial charge on any atom is -0.382 e. The summed E-state index contributed by atoms with van der Waals surface area (Å²) in [7, 11) is 3.26. The molecule has 20 heteroatoms. The molecule has 0 aromatic heterocycles. The van der Waals surface area contributed by atoms with Crippen LogP contribution in [-0.4, -0.2) is 188 Å². The average molecular weight is 812 g/mol. The highest BCUT2D eigenvalue weighted by Gasteiger charge is 2.32. The summed E-state index contributed by atoms with van der Waals surface area (Å²) in [6.07, 6.45) is 3.88. The van der Waals surface area contributed by atoms with E-state index >= 15 is 0 Å². The molecule has 1 saturated heterocycles. The minimum atomic E-state index is -0.577. The van der Waals surface area contributed by atoms with Gasteiger partial charge in [0.1, 0.15) is 0 Å². The smallest absolute Gasteiger partial charge is 0.333 e. The van der Waals surface area contributed by atoms with Crippen LogP contribution in [0.1, 0.15) is 51.4 Å². The fourth-order valence-corrected chi connectivity index (χ4v) is 4.24. The number of amides is 3. The van der Waals surface area contributed by atoms with Crippen LogP contribution >= 0.6 is 0 Å². The number of hydrogen-bond acceptors (Lipinski definition) is 18. The molecule has 0 spiro atoms. The lowest BCUT2D eigenvalue weighted by molar-refractivity contribution is -0.197. The van der Waals surface area contributed by atoms with Crippen LogP contribution in [0.3, 0.4) is 0 Å². The van der Waals surface area contributed by atoms with Crippen LogP contribution in [-0.2, 0) is 52.4 Å². The molecule has 0 bridgehead atoms. The molecule has 332 valence electrons. The average Bonchev–Trinajstić information content (AvgIpc) is 3.51. The Labute approximate surface area is 334 Å². The fraction of sp³-hybridized carbons (Fsp3) is 0.889. The zero-order valence-electron chi connectivity index (χ0n) is 34.4. The molecule has 20 nitrogen and oxygen atoms in total. The standard InChI is InChI=1S/C16H36N4O4.C14H23NO7.C6H18N4/c1-22-12-13-24-15-14-23-11-3-2-4-16(21)20-10-9-19-8-7-18-6-5-17;1-19-8-9-21-11-10-20-7-3-2-4-14(18)22-15-12(16)5-6-13(15)17;7-1-3-9-5-6-10-4-2-8/h18-19H,2-15,17H2,1H3,(H,20,21);2-11H2,1H3;9-10H,1-8H2. The molecule has 11 N–H and O–H groups in total. The number of ether oxygens (including phenoxy) is 6. The molecule has 0 unspecified atom stereocenters. The van der Waals surface area contributed by atoms with Gasteiger partial charge in [0.05, 0.1) is 52.9 Å². The van der Waals surface area contributed by atoms with Gasteiger partial charge in [0.2, 0.25) is 5.91 Å². The van der Waals surface area contributed by atoms with Crippen LogP contribution in [0.5, 0.6) is 0 Å². The van der Waals surface area contributed by atoms with Crippen LogP contribution in [0.4, 0.5) is 0 Å². The minimum absolute atomic E-state index is 0.0981. The van der Waals surface area contributed by atoms with Crippen molar-refractivity contribution < 1.29 is 52.4 Å². The SMILES string of the molecule is COCCOCCOCCCCC(=O)NCCNCCNCCN.COCCOCCOCCCCC(=O)ON1C(=O)CCC1=O.NCCNCCNCCN. The Kier molecular flexibility index (Phi) is 46.7. The topological polar surface area (TPSA) is 274 Å². The number of methoxy groups -OCH3 is 2. The zero-order valence-corrected chi connectivity index (χ0v) is 34.4. The van der Waals surface area contributed by atoms with Gasteiger partial charge in [-0.25, -0.2) is 4.79 Å². The van der Waals surface area contributed by atoms with Crippen molar-refractivity contribution in [3.05, 3.63) is 0 Å². The van der Waals surface area contributed by atoms with Crippen LogP contribution in [0.2, 0.25) is 0 Å². The summed E-state index contributed by atoms with van der Waals surface area (Å²) < 4.78 is 31.0. The highest BCUT2D eigenvalue weighted by atomic mass is 16.7. The maximum atomic E-state index is 11.6. The summed E-state index contributed by atoms with van der Waals surface area (Å²) in [5, 5.41) is 16.2. The zero-order chi connectivity index (χ0) is 41.6. The lowest BCUT2D eigenvalue weighted by atomic mass is 10.2. The van der Waals surface area contributed by atoms with Crippen molar-refractivity contribution in [2.24, 2.45) is 17.2 Å². The third-order valence-corrected chi connectivity index (χ3v) is 7.21. The molecular formula is C36H77N9O11. The molecular weight excluding hydrogens is 734 g/mol. The molecule has 0 aromatic rings. The van der Waals surface area contributed by atoms with E-state index in [4.69, 9.17) is 50.5 Å². The number of hydroxylamine groups is 2. The van der Waals surface area contributed by atoms with Crippen LogP contribution in [0.15, 0.2) is 0 Å². The third kappa shape index (κ3) is 42.7. The first kappa shape index (κ1) is 55.7. The van der Waals surface area contributed by atoms with E-state index in [1.54, 1.807) is 14.2 Å². The Balaban J connectivity index is 0. The van der Waals surface area contributed by atoms with Gasteiger partial charge in [-0.3, -0.25) is 14.4 Å². The summed E-state index contributed by atoms with van der Waals surface area (Å²) in [5.74, 6) is -1.40. The molecule has 56 heavy (non-hydrogen) atoms.